The van der Waals surface area contributed by atoms with Crippen LogP contribution in [0.2, 0.25) is 0 Å². The maximum atomic E-state index is 15.0. The van der Waals surface area contributed by atoms with Gasteiger partial charge < -0.3 is 14.2 Å². The lowest BCUT2D eigenvalue weighted by Crippen LogP contribution is -2.15. The molecule has 0 aliphatic carbocycles. The number of ether oxygens (including phenoxy) is 3. The van der Waals surface area contributed by atoms with Crippen LogP contribution in [0.3, 0.4) is 0 Å². The van der Waals surface area contributed by atoms with Gasteiger partial charge >= 0.3 is 6.18 Å². The molecule has 0 bridgehead atoms. The molecular formula is C29H23F4NO4S. The molecule has 10 heteroatoms. The van der Waals surface area contributed by atoms with E-state index in [2.05, 4.69) is 4.98 Å². The number of hydrogen-bond acceptors (Lipinski definition) is 6. The lowest BCUT2D eigenvalue weighted by Gasteiger charge is -2.13. The molecule has 3 aromatic carbocycles. The van der Waals surface area contributed by atoms with Crippen LogP contribution in [0.5, 0.6) is 23.0 Å². The molecule has 0 fully saturated rings. The van der Waals surface area contributed by atoms with Crippen molar-refractivity contribution in [3.63, 3.8) is 0 Å². The molecule has 5 nitrogen and oxygen atoms in total. The Labute approximate surface area is 227 Å². The molecule has 0 unspecified atom stereocenters. The first-order valence-electron chi connectivity index (χ1n) is 11.7. The van der Waals surface area contributed by atoms with Gasteiger partial charge in [-0.1, -0.05) is 36.5 Å². The van der Waals surface area contributed by atoms with E-state index >= 15 is 0 Å². The Morgan fingerprint density at radius 2 is 1.62 bits per heavy atom. The molecule has 4 rings (SSSR count). The monoisotopic (exact) mass is 557 g/mol. The van der Waals surface area contributed by atoms with Gasteiger partial charge in [-0.2, -0.15) is 13.2 Å². The van der Waals surface area contributed by atoms with Gasteiger partial charge in [0.05, 0.1) is 25.3 Å². The number of methoxy groups -OCH3 is 2. The van der Waals surface area contributed by atoms with Gasteiger partial charge in [0.2, 0.25) is 0 Å². The van der Waals surface area contributed by atoms with Crippen molar-refractivity contribution in [3.8, 4) is 23.0 Å². The van der Waals surface area contributed by atoms with Crippen LogP contribution >= 0.6 is 12.2 Å². The summed E-state index contributed by atoms with van der Waals surface area (Å²) in [7, 11) is 3.01. The molecule has 1 aromatic heterocycles. The van der Waals surface area contributed by atoms with Gasteiger partial charge in [0, 0.05) is 41.8 Å². The molecule has 0 N–H and O–H groups in total. The quantitative estimate of drug-likeness (QED) is 0.151. The van der Waals surface area contributed by atoms with Crippen molar-refractivity contribution in [1.29, 1.82) is 0 Å². The number of thiocarbonyl (C=S) groups is 1. The van der Waals surface area contributed by atoms with E-state index in [-0.39, 0.29) is 24.2 Å². The summed E-state index contributed by atoms with van der Waals surface area (Å²) in [5.41, 5.74) is 0.112. The predicted octanol–water partition coefficient (Wildman–Crippen LogP) is 7.32. The summed E-state index contributed by atoms with van der Waals surface area (Å²) >= 11 is 5.29. The Balaban J connectivity index is 1.44. The van der Waals surface area contributed by atoms with Gasteiger partial charge in [-0.3, -0.25) is 9.78 Å². The van der Waals surface area contributed by atoms with Crippen molar-refractivity contribution in [1.82, 2.24) is 4.98 Å². The summed E-state index contributed by atoms with van der Waals surface area (Å²) < 4.78 is 71.0. The van der Waals surface area contributed by atoms with Gasteiger partial charge in [0.1, 0.15) is 11.5 Å². The highest BCUT2D eigenvalue weighted by Crippen LogP contribution is 2.37. The van der Waals surface area contributed by atoms with Gasteiger partial charge in [-0.15, -0.1) is 0 Å². The number of nitrogens with zero attached hydrogens (tertiary/aromatic N) is 1. The van der Waals surface area contributed by atoms with E-state index in [1.807, 2.05) is 0 Å². The number of benzene rings is 3. The van der Waals surface area contributed by atoms with Crippen molar-refractivity contribution in [3.05, 3.63) is 89.4 Å². The minimum atomic E-state index is -4.56. The zero-order valence-electron chi connectivity index (χ0n) is 21.0. The lowest BCUT2D eigenvalue weighted by atomic mass is 9.98. The molecule has 202 valence electrons. The third-order valence-corrected chi connectivity index (χ3v) is 6.22. The molecule has 0 saturated carbocycles. The van der Waals surface area contributed by atoms with Gasteiger partial charge in [-0.25, -0.2) is 4.39 Å². The van der Waals surface area contributed by atoms with Crippen LogP contribution < -0.4 is 14.2 Å². The second-order valence-corrected chi connectivity index (χ2v) is 9.24. The predicted molar refractivity (Wildman–Crippen MR) is 142 cm³/mol. The fraction of sp³-hybridized carbons (Fsp3) is 0.207. The number of fused-ring (bicyclic) bond motifs is 1. The second-order valence-electron chi connectivity index (χ2n) is 8.66. The average molecular weight is 558 g/mol. The Kier molecular flexibility index (Phi) is 8.44. The fourth-order valence-electron chi connectivity index (χ4n) is 4.13. The van der Waals surface area contributed by atoms with E-state index in [0.29, 0.717) is 38.6 Å². The average Bonchev–Trinajstić information content (AvgIpc) is 2.89. The number of alkyl halides is 3. The Morgan fingerprint density at radius 3 is 2.31 bits per heavy atom. The summed E-state index contributed by atoms with van der Waals surface area (Å²) in [5, 5.41) is 0.588. The van der Waals surface area contributed by atoms with E-state index in [1.54, 1.807) is 24.3 Å². The minimum Gasteiger partial charge on any atom is -0.493 e. The highest BCUT2D eigenvalue weighted by molar-refractivity contribution is 7.80. The molecule has 39 heavy (non-hydrogen) atoms. The smallest absolute Gasteiger partial charge is 0.416 e. The topological polar surface area (TPSA) is 57.7 Å². The molecule has 4 aromatic rings. The third kappa shape index (κ3) is 6.69. The minimum absolute atomic E-state index is 0.0354. The first-order chi connectivity index (χ1) is 18.6. The zero-order valence-corrected chi connectivity index (χ0v) is 21.8. The van der Waals surface area contributed by atoms with Crippen LogP contribution in [-0.4, -0.2) is 29.9 Å². The van der Waals surface area contributed by atoms with Crippen LogP contribution in [0.4, 0.5) is 17.6 Å². The van der Waals surface area contributed by atoms with Crippen LogP contribution in [0.25, 0.3) is 10.9 Å². The number of aromatic nitrogens is 1. The lowest BCUT2D eigenvalue weighted by molar-refractivity contribution is -0.138. The third-order valence-electron chi connectivity index (χ3n) is 5.93. The molecule has 0 radical (unpaired) electrons. The molecule has 0 saturated heterocycles. The zero-order chi connectivity index (χ0) is 28.2. The van der Waals surface area contributed by atoms with E-state index in [4.69, 9.17) is 26.4 Å². The SMILES string of the molecule is COc1cc2nccc(Oc3ccc(CC(=S)CC(=O)Cc4ccccc4C(F)(F)F)cc3F)c2cc1OC. The number of halogens is 4. The summed E-state index contributed by atoms with van der Waals surface area (Å²) in [6, 6.07) is 14.2. The van der Waals surface area contributed by atoms with Crippen LogP contribution in [0.15, 0.2) is 66.9 Å². The molecule has 0 amide bonds. The molecule has 0 aliphatic rings. The Hall–Kier alpha value is -4.05. The van der Waals surface area contributed by atoms with Gasteiger partial charge in [0.25, 0.3) is 0 Å². The molecule has 0 atom stereocenters. The molecular weight excluding hydrogens is 534 g/mol. The van der Waals surface area contributed by atoms with Crippen molar-refractivity contribution in [2.45, 2.75) is 25.4 Å². The van der Waals surface area contributed by atoms with Gasteiger partial charge in [-0.05, 0) is 41.5 Å². The first kappa shape index (κ1) is 28.0. The highest BCUT2D eigenvalue weighted by Gasteiger charge is 2.33. The van der Waals surface area contributed by atoms with Gasteiger partial charge in [0.15, 0.2) is 23.1 Å². The maximum absolute atomic E-state index is 15.0. The normalized spacial score (nSPS) is 11.3. The molecule has 1 heterocycles. The number of ketones is 1. The van der Waals surface area contributed by atoms with Crippen molar-refractivity contribution in [2.75, 3.05) is 14.2 Å². The summed E-state index contributed by atoms with van der Waals surface area (Å²) in [6.45, 7) is 0. The first-order valence-corrected chi connectivity index (χ1v) is 12.2. The number of carbonyl (C=O) groups excluding carboxylic acids is 1. The fourth-order valence-corrected chi connectivity index (χ4v) is 4.46. The van der Waals surface area contributed by atoms with E-state index in [9.17, 15) is 22.4 Å². The molecule has 0 spiro atoms. The standard InChI is InChI=1S/C29H23F4NO4S/c1-36-27-15-21-24(16-28(27)37-2)34-10-9-25(21)38-26-8-7-17(12-23(26)30)11-20(39)14-19(35)13-18-5-3-4-6-22(18)29(31,32)33/h3-10,12,15-16H,11,13-14H2,1-2H3. The van der Waals surface area contributed by atoms with E-state index in [1.165, 1.54) is 50.7 Å². The van der Waals surface area contributed by atoms with Crippen LogP contribution in [0.1, 0.15) is 23.1 Å². The van der Waals surface area contributed by atoms with Crippen LogP contribution in [0, 0.1) is 5.82 Å². The number of Topliss-reactive ketones (excluding diaryl/α,β-unsaturated/α-hetero) is 1. The summed E-state index contributed by atoms with van der Waals surface area (Å²) in [6.07, 6.45) is -3.52. The van der Waals surface area contributed by atoms with Crippen molar-refractivity contribution in [2.24, 2.45) is 0 Å². The Bertz CT molecular complexity index is 1540. The number of hydrogen-bond donors (Lipinski definition) is 0. The number of pyridine rings is 1. The molecule has 0 aliphatic heterocycles. The largest absolute Gasteiger partial charge is 0.493 e. The van der Waals surface area contributed by atoms with Crippen molar-refractivity contribution < 1.29 is 36.6 Å². The summed E-state index contributed by atoms with van der Waals surface area (Å²) in [4.78, 5) is 17.0. The number of carbonyl (C=O) groups is 1. The summed E-state index contributed by atoms with van der Waals surface area (Å²) in [5.74, 6) is 0.174. The van der Waals surface area contributed by atoms with E-state index < -0.39 is 29.8 Å². The van der Waals surface area contributed by atoms with E-state index in [0.717, 1.165) is 6.07 Å². The van der Waals surface area contributed by atoms with Crippen molar-refractivity contribution >= 4 is 33.8 Å². The number of rotatable bonds is 10. The second kappa shape index (κ2) is 11.8. The van der Waals surface area contributed by atoms with Crippen LogP contribution in [-0.2, 0) is 23.8 Å². The Morgan fingerprint density at radius 1 is 0.897 bits per heavy atom. The maximum Gasteiger partial charge on any atom is 0.416 e. The highest BCUT2D eigenvalue weighted by atomic mass is 32.1.